The molecule has 0 radical (unpaired) electrons. The quantitative estimate of drug-likeness (QED) is 0.435. The largest absolute Gasteiger partial charge is 0.411 e. The summed E-state index contributed by atoms with van der Waals surface area (Å²) in [7, 11) is 1.63. The predicted octanol–water partition coefficient (Wildman–Crippen LogP) is 3.77. The highest BCUT2D eigenvalue weighted by molar-refractivity contribution is 5.79. The van der Waals surface area contributed by atoms with E-state index < -0.39 is 12.8 Å². The fourth-order valence-electron chi connectivity index (χ4n) is 2.28. The number of nitrogens with one attached hydrogen (secondary N) is 2. The summed E-state index contributed by atoms with van der Waals surface area (Å²) in [6.07, 6.45) is -4.32. The van der Waals surface area contributed by atoms with E-state index >= 15 is 0 Å². The number of nitrogens with zero attached hydrogens (tertiary/aromatic N) is 1. The van der Waals surface area contributed by atoms with Gasteiger partial charge in [-0.05, 0) is 28.8 Å². The third-order valence-corrected chi connectivity index (χ3v) is 3.59. The van der Waals surface area contributed by atoms with Gasteiger partial charge in [0, 0.05) is 20.1 Å². The molecule has 2 aromatic carbocycles. The predicted molar refractivity (Wildman–Crippen MR) is 95.6 cm³/mol. The van der Waals surface area contributed by atoms with E-state index in [1.54, 1.807) is 37.4 Å². The van der Waals surface area contributed by atoms with Crippen LogP contribution in [0, 0.1) is 5.82 Å². The molecule has 0 spiro atoms. The van der Waals surface area contributed by atoms with Crippen LogP contribution in [-0.2, 0) is 24.4 Å². The fraction of sp³-hybridized carbons (Fsp3) is 0.316. The zero-order valence-corrected chi connectivity index (χ0v) is 14.8. The summed E-state index contributed by atoms with van der Waals surface area (Å²) in [6, 6.07) is 13.3. The maximum Gasteiger partial charge on any atom is 0.411 e. The Morgan fingerprint density at radius 3 is 2.19 bits per heavy atom. The molecule has 0 saturated heterocycles. The molecule has 0 aromatic heterocycles. The van der Waals surface area contributed by atoms with Gasteiger partial charge in [0.15, 0.2) is 5.96 Å². The molecule has 0 bridgehead atoms. The monoisotopic (exact) mass is 383 g/mol. The number of rotatable bonds is 7. The van der Waals surface area contributed by atoms with Crippen LogP contribution in [0.5, 0.6) is 0 Å². The molecular weight excluding hydrogens is 362 g/mol. The van der Waals surface area contributed by atoms with Crippen LogP contribution in [0.1, 0.15) is 16.7 Å². The minimum atomic E-state index is -4.32. The van der Waals surface area contributed by atoms with Crippen LogP contribution in [0.3, 0.4) is 0 Å². The standard InChI is InChI=1S/C19H21F4N3O/c1-24-18(26-11-16-3-2-4-17(20)9-16)25-10-14-5-7-15(8-6-14)12-27-13-19(21,22)23/h2-9H,10-13H2,1H3,(H2,24,25,26). The molecule has 27 heavy (non-hydrogen) atoms. The lowest BCUT2D eigenvalue weighted by molar-refractivity contribution is -0.176. The summed E-state index contributed by atoms with van der Waals surface area (Å²) in [5.41, 5.74) is 2.39. The lowest BCUT2D eigenvalue weighted by Crippen LogP contribution is -2.36. The van der Waals surface area contributed by atoms with E-state index in [4.69, 9.17) is 0 Å². The first-order valence-electron chi connectivity index (χ1n) is 8.27. The molecular formula is C19H21F4N3O. The summed E-state index contributed by atoms with van der Waals surface area (Å²) >= 11 is 0. The molecule has 2 rings (SSSR count). The van der Waals surface area contributed by atoms with Crippen LogP contribution < -0.4 is 10.6 Å². The summed E-state index contributed by atoms with van der Waals surface area (Å²) in [5.74, 6) is 0.258. The van der Waals surface area contributed by atoms with Crippen molar-refractivity contribution < 1.29 is 22.3 Å². The first-order chi connectivity index (χ1) is 12.9. The summed E-state index contributed by atoms with van der Waals surface area (Å²) in [5, 5.41) is 6.20. The van der Waals surface area contributed by atoms with Gasteiger partial charge < -0.3 is 15.4 Å². The second-order valence-corrected chi connectivity index (χ2v) is 5.83. The summed E-state index contributed by atoms with van der Waals surface area (Å²) in [4.78, 5) is 4.10. The Morgan fingerprint density at radius 1 is 0.963 bits per heavy atom. The minimum Gasteiger partial charge on any atom is -0.367 e. The highest BCUT2D eigenvalue weighted by Crippen LogP contribution is 2.15. The van der Waals surface area contributed by atoms with Crippen LogP contribution in [0.4, 0.5) is 17.6 Å². The molecule has 4 nitrogen and oxygen atoms in total. The van der Waals surface area contributed by atoms with Gasteiger partial charge in [-0.15, -0.1) is 0 Å². The molecule has 0 aliphatic carbocycles. The molecule has 2 aromatic rings. The number of aliphatic imine (C=N–C) groups is 1. The molecule has 0 aliphatic rings. The highest BCUT2D eigenvalue weighted by atomic mass is 19.4. The Bertz CT molecular complexity index is 745. The van der Waals surface area contributed by atoms with Gasteiger partial charge in [-0.2, -0.15) is 13.2 Å². The molecule has 0 heterocycles. The van der Waals surface area contributed by atoms with E-state index in [-0.39, 0.29) is 12.4 Å². The van der Waals surface area contributed by atoms with Gasteiger partial charge in [-0.25, -0.2) is 4.39 Å². The molecule has 0 fully saturated rings. The number of ether oxygens (including phenoxy) is 1. The van der Waals surface area contributed by atoms with Crippen molar-refractivity contribution in [1.29, 1.82) is 0 Å². The molecule has 0 amide bonds. The third-order valence-electron chi connectivity index (χ3n) is 3.59. The van der Waals surface area contributed by atoms with Gasteiger partial charge >= 0.3 is 6.18 Å². The van der Waals surface area contributed by atoms with E-state index in [0.717, 1.165) is 11.1 Å². The maximum atomic E-state index is 13.2. The van der Waals surface area contributed by atoms with Gasteiger partial charge in [0.1, 0.15) is 12.4 Å². The minimum absolute atomic E-state index is 0.0932. The SMILES string of the molecule is CN=C(NCc1ccc(COCC(F)(F)F)cc1)NCc1cccc(F)c1. The van der Waals surface area contributed by atoms with Crippen molar-refractivity contribution >= 4 is 5.96 Å². The van der Waals surface area contributed by atoms with Gasteiger partial charge in [-0.1, -0.05) is 36.4 Å². The lowest BCUT2D eigenvalue weighted by Gasteiger charge is -2.12. The average molecular weight is 383 g/mol. The van der Waals surface area contributed by atoms with E-state index in [2.05, 4.69) is 20.4 Å². The van der Waals surface area contributed by atoms with E-state index in [0.29, 0.717) is 24.6 Å². The molecule has 2 N–H and O–H groups in total. The molecule has 0 aliphatic heterocycles. The molecule has 0 unspecified atom stereocenters. The number of guanidine groups is 1. The normalized spacial score (nSPS) is 12.1. The molecule has 0 saturated carbocycles. The van der Waals surface area contributed by atoms with Crippen LogP contribution in [0.25, 0.3) is 0 Å². The van der Waals surface area contributed by atoms with Crippen LogP contribution in [0.2, 0.25) is 0 Å². The summed E-state index contributed by atoms with van der Waals surface area (Å²) in [6.45, 7) is -0.451. The second kappa shape index (κ2) is 9.91. The first-order valence-corrected chi connectivity index (χ1v) is 8.27. The highest BCUT2D eigenvalue weighted by Gasteiger charge is 2.27. The van der Waals surface area contributed by atoms with Crippen molar-refractivity contribution in [2.75, 3.05) is 13.7 Å². The number of benzene rings is 2. The Morgan fingerprint density at radius 2 is 1.59 bits per heavy atom. The van der Waals surface area contributed by atoms with Gasteiger partial charge in [0.2, 0.25) is 0 Å². The van der Waals surface area contributed by atoms with E-state index in [9.17, 15) is 17.6 Å². The lowest BCUT2D eigenvalue weighted by atomic mass is 10.1. The fourth-order valence-corrected chi connectivity index (χ4v) is 2.28. The topological polar surface area (TPSA) is 45.7 Å². The number of hydrogen-bond donors (Lipinski definition) is 2. The van der Waals surface area contributed by atoms with Gasteiger partial charge in [-0.3, -0.25) is 4.99 Å². The van der Waals surface area contributed by atoms with Crippen LogP contribution >= 0.6 is 0 Å². The first kappa shape index (κ1) is 20.7. The van der Waals surface area contributed by atoms with Crippen molar-refractivity contribution in [3.63, 3.8) is 0 Å². The van der Waals surface area contributed by atoms with Gasteiger partial charge in [0.25, 0.3) is 0 Å². The van der Waals surface area contributed by atoms with Crippen LogP contribution in [0.15, 0.2) is 53.5 Å². The smallest absolute Gasteiger partial charge is 0.367 e. The van der Waals surface area contributed by atoms with Gasteiger partial charge in [0.05, 0.1) is 6.61 Å². The maximum absolute atomic E-state index is 13.2. The zero-order chi connectivity index (χ0) is 19.7. The number of halogens is 4. The van der Waals surface area contributed by atoms with E-state index in [1.807, 2.05) is 6.07 Å². The second-order valence-electron chi connectivity index (χ2n) is 5.83. The van der Waals surface area contributed by atoms with E-state index in [1.165, 1.54) is 12.1 Å². The Kier molecular flexibility index (Phi) is 7.60. The average Bonchev–Trinajstić information content (AvgIpc) is 2.62. The molecule has 0 atom stereocenters. The van der Waals surface area contributed by atoms with Crippen molar-refractivity contribution in [3.8, 4) is 0 Å². The zero-order valence-electron chi connectivity index (χ0n) is 14.8. The van der Waals surface area contributed by atoms with Crippen molar-refractivity contribution in [2.24, 2.45) is 4.99 Å². The molecule has 8 heteroatoms. The Hall–Kier alpha value is -2.61. The Balaban J connectivity index is 1.77. The third kappa shape index (κ3) is 8.08. The van der Waals surface area contributed by atoms with Crippen LogP contribution in [-0.4, -0.2) is 25.8 Å². The number of alkyl halides is 3. The number of hydrogen-bond acceptors (Lipinski definition) is 2. The Labute approximate surface area is 155 Å². The van der Waals surface area contributed by atoms with Crippen molar-refractivity contribution in [1.82, 2.24) is 10.6 Å². The summed E-state index contributed by atoms with van der Waals surface area (Å²) < 4.78 is 54.0. The van der Waals surface area contributed by atoms with Crippen molar-refractivity contribution in [2.45, 2.75) is 25.9 Å². The molecule has 146 valence electrons. The van der Waals surface area contributed by atoms with Crippen molar-refractivity contribution in [3.05, 3.63) is 71.0 Å².